The molecule has 6 nitrogen and oxygen atoms in total. The lowest BCUT2D eigenvalue weighted by Gasteiger charge is -2.14. The van der Waals surface area contributed by atoms with Crippen molar-refractivity contribution in [3.05, 3.63) is 11.6 Å². The Labute approximate surface area is 124 Å². The zero-order valence-electron chi connectivity index (χ0n) is 12.4. The molecular formula is C15H22N4O2. The molecule has 1 saturated heterocycles. The summed E-state index contributed by atoms with van der Waals surface area (Å²) >= 11 is 0. The standard InChI is InChI=1S/C15H22N4O2/c1-9-12(6-7-21-9)15(20)16-8-13-17-18-14(10-2-3-10)19(13)11-4-5-11/h9-12H,2-8H2,1H3,(H,16,20)/t9-,12-/m0/s1. The SMILES string of the molecule is C[C@@H]1OCC[C@@H]1C(=O)NCc1nnc(C2CC2)n1C1CC1. The summed E-state index contributed by atoms with van der Waals surface area (Å²) in [5.74, 6) is 2.72. The fraction of sp³-hybridized carbons (Fsp3) is 0.800. The van der Waals surface area contributed by atoms with Gasteiger partial charge in [0.15, 0.2) is 5.82 Å². The minimum absolute atomic E-state index is 0.0216. The largest absolute Gasteiger partial charge is 0.378 e. The topological polar surface area (TPSA) is 69.0 Å². The fourth-order valence-electron chi connectivity index (χ4n) is 3.18. The number of carbonyl (C=O) groups excluding carboxylic acids is 1. The number of rotatable bonds is 5. The Balaban J connectivity index is 1.43. The van der Waals surface area contributed by atoms with Crippen LogP contribution in [0.25, 0.3) is 0 Å². The average molecular weight is 290 g/mol. The Morgan fingerprint density at radius 2 is 2.10 bits per heavy atom. The van der Waals surface area contributed by atoms with Crippen LogP contribution in [0.4, 0.5) is 0 Å². The van der Waals surface area contributed by atoms with Gasteiger partial charge in [0.05, 0.1) is 18.6 Å². The van der Waals surface area contributed by atoms with Crippen molar-refractivity contribution in [3.63, 3.8) is 0 Å². The van der Waals surface area contributed by atoms with Crippen LogP contribution in [0.3, 0.4) is 0 Å². The van der Waals surface area contributed by atoms with Gasteiger partial charge in [0.2, 0.25) is 5.91 Å². The van der Waals surface area contributed by atoms with Gasteiger partial charge in [0.1, 0.15) is 5.82 Å². The van der Waals surface area contributed by atoms with Gasteiger partial charge in [-0.3, -0.25) is 4.79 Å². The predicted molar refractivity (Wildman–Crippen MR) is 75.6 cm³/mol. The van der Waals surface area contributed by atoms with E-state index in [9.17, 15) is 4.79 Å². The highest BCUT2D eigenvalue weighted by Crippen LogP contribution is 2.44. The number of aromatic nitrogens is 3. The molecule has 2 heterocycles. The lowest BCUT2D eigenvalue weighted by atomic mass is 10.0. The van der Waals surface area contributed by atoms with E-state index in [1.54, 1.807) is 0 Å². The van der Waals surface area contributed by atoms with Crippen LogP contribution >= 0.6 is 0 Å². The zero-order chi connectivity index (χ0) is 14.4. The molecule has 6 heteroatoms. The van der Waals surface area contributed by atoms with E-state index < -0.39 is 0 Å². The van der Waals surface area contributed by atoms with Crippen LogP contribution in [-0.2, 0) is 16.1 Å². The molecule has 1 aromatic rings. The van der Waals surface area contributed by atoms with Crippen molar-refractivity contribution >= 4 is 5.91 Å². The number of nitrogens with zero attached hydrogens (tertiary/aromatic N) is 3. The first-order valence-corrected chi connectivity index (χ1v) is 8.07. The lowest BCUT2D eigenvalue weighted by molar-refractivity contribution is -0.126. The summed E-state index contributed by atoms with van der Waals surface area (Å²) in [5, 5.41) is 11.7. The van der Waals surface area contributed by atoms with Crippen molar-refractivity contribution in [2.24, 2.45) is 5.92 Å². The van der Waals surface area contributed by atoms with Crippen molar-refractivity contribution in [1.82, 2.24) is 20.1 Å². The number of hydrogen-bond donors (Lipinski definition) is 1. The summed E-state index contributed by atoms with van der Waals surface area (Å²) in [6.07, 6.45) is 5.73. The van der Waals surface area contributed by atoms with Crippen LogP contribution in [0.5, 0.6) is 0 Å². The molecule has 0 radical (unpaired) electrons. The average Bonchev–Trinajstić information content (AvgIpc) is 3.40. The van der Waals surface area contributed by atoms with Crippen LogP contribution in [0, 0.1) is 5.92 Å². The second-order valence-corrected chi connectivity index (χ2v) is 6.54. The van der Waals surface area contributed by atoms with E-state index in [0.29, 0.717) is 25.1 Å². The van der Waals surface area contributed by atoms with Crippen LogP contribution in [-0.4, -0.2) is 33.4 Å². The van der Waals surface area contributed by atoms with E-state index in [-0.39, 0.29) is 17.9 Å². The lowest BCUT2D eigenvalue weighted by Crippen LogP contribution is -2.34. The smallest absolute Gasteiger partial charge is 0.226 e. The summed E-state index contributed by atoms with van der Waals surface area (Å²) in [6.45, 7) is 3.14. The molecule has 0 spiro atoms. The Morgan fingerprint density at radius 3 is 2.71 bits per heavy atom. The van der Waals surface area contributed by atoms with Gasteiger partial charge in [-0.1, -0.05) is 0 Å². The number of amides is 1. The van der Waals surface area contributed by atoms with Gasteiger partial charge in [-0.05, 0) is 39.0 Å². The van der Waals surface area contributed by atoms with E-state index in [2.05, 4.69) is 20.1 Å². The summed E-state index contributed by atoms with van der Waals surface area (Å²) in [5.41, 5.74) is 0. The predicted octanol–water partition coefficient (Wildman–Crippen LogP) is 1.53. The highest BCUT2D eigenvalue weighted by molar-refractivity contribution is 5.79. The summed E-state index contributed by atoms with van der Waals surface area (Å²) in [4.78, 5) is 12.2. The molecule has 0 bridgehead atoms. The molecule has 1 aliphatic heterocycles. The van der Waals surface area contributed by atoms with Crippen LogP contribution < -0.4 is 5.32 Å². The van der Waals surface area contributed by atoms with Crippen molar-refractivity contribution in [2.45, 2.75) is 63.6 Å². The Bertz CT molecular complexity index is 548. The fourth-order valence-corrected chi connectivity index (χ4v) is 3.18. The van der Waals surface area contributed by atoms with Crippen molar-refractivity contribution in [3.8, 4) is 0 Å². The molecule has 3 aliphatic rings. The highest BCUT2D eigenvalue weighted by Gasteiger charge is 2.36. The van der Waals surface area contributed by atoms with Crippen molar-refractivity contribution in [2.75, 3.05) is 6.61 Å². The van der Waals surface area contributed by atoms with E-state index >= 15 is 0 Å². The first kappa shape index (κ1) is 13.2. The molecule has 1 aromatic heterocycles. The Kier molecular flexibility index (Phi) is 3.21. The minimum atomic E-state index is -0.0230. The molecule has 3 fully saturated rings. The maximum atomic E-state index is 12.2. The van der Waals surface area contributed by atoms with E-state index in [4.69, 9.17) is 4.74 Å². The molecule has 1 N–H and O–H groups in total. The van der Waals surface area contributed by atoms with Gasteiger partial charge < -0.3 is 14.6 Å². The van der Waals surface area contributed by atoms with Gasteiger partial charge in [-0.25, -0.2) is 0 Å². The first-order valence-electron chi connectivity index (χ1n) is 8.07. The molecule has 2 saturated carbocycles. The Hall–Kier alpha value is -1.43. The Morgan fingerprint density at radius 1 is 1.29 bits per heavy atom. The second-order valence-electron chi connectivity index (χ2n) is 6.54. The van der Waals surface area contributed by atoms with Crippen LogP contribution in [0.2, 0.25) is 0 Å². The molecule has 114 valence electrons. The summed E-state index contributed by atoms with van der Waals surface area (Å²) < 4.78 is 7.74. The van der Waals surface area contributed by atoms with Crippen molar-refractivity contribution in [1.29, 1.82) is 0 Å². The van der Waals surface area contributed by atoms with Gasteiger partial charge in [0.25, 0.3) is 0 Å². The zero-order valence-corrected chi connectivity index (χ0v) is 12.4. The van der Waals surface area contributed by atoms with Gasteiger partial charge in [-0.2, -0.15) is 0 Å². The first-order chi connectivity index (χ1) is 10.2. The van der Waals surface area contributed by atoms with E-state index in [1.165, 1.54) is 25.7 Å². The number of carbonyl (C=O) groups is 1. The molecule has 2 atom stereocenters. The molecule has 2 aliphatic carbocycles. The quantitative estimate of drug-likeness (QED) is 0.893. The minimum Gasteiger partial charge on any atom is -0.378 e. The highest BCUT2D eigenvalue weighted by atomic mass is 16.5. The third kappa shape index (κ3) is 2.57. The molecule has 0 aromatic carbocycles. The van der Waals surface area contributed by atoms with Gasteiger partial charge in [-0.15, -0.1) is 10.2 Å². The monoisotopic (exact) mass is 290 g/mol. The molecule has 1 amide bonds. The maximum Gasteiger partial charge on any atom is 0.226 e. The number of hydrogen-bond acceptors (Lipinski definition) is 4. The molecular weight excluding hydrogens is 268 g/mol. The normalized spacial score (nSPS) is 28.8. The third-order valence-electron chi connectivity index (χ3n) is 4.78. The van der Waals surface area contributed by atoms with E-state index in [1.807, 2.05) is 6.92 Å². The molecule has 4 rings (SSSR count). The van der Waals surface area contributed by atoms with Crippen LogP contribution in [0.1, 0.15) is 62.6 Å². The molecule has 21 heavy (non-hydrogen) atoms. The molecule has 0 unspecified atom stereocenters. The summed E-state index contributed by atoms with van der Waals surface area (Å²) in [6, 6.07) is 0.566. The summed E-state index contributed by atoms with van der Waals surface area (Å²) in [7, 11) is 0. The van der Waals surface area contributed by atoms with Gasteiger partial charge >= 0.3 is 0 Å². The maximum absolute atomic E-state index is 12.2. The number of ether oxygens (including phenoxy) is 1. The van der Waals surface area contributed by atoms with Gasteiger partial charge in [0, 0.05) is 18.6 Å². The number of nitrogens with one attached hydrogen (secondary N) is 1. The van der Waals surface area contributed by atoms with E-state index in [0.717, 1.165) is 18.1 Å². The second kappa shape index (κ2) is 5.09. The third-order valence-corrected chi connectivity index (χ3v) is 4.78. The van der Waals surface area contributed by atoms with Crippen LogP contribution in [0.15, 0.2) is 0 Å². The van der Waals surface area contributed by atoms with Crippen molar-refractivity contribution < 1.29 is 9.53 Å².